The Labute approximate surface area is 103 Å². The zero-order valence-corrected chi connectivity index (χ0v) is 10.4. The van der Waals surface area contributed by atoms with E-state index in [1.54, 1.807) is 0 Å². The van der Waals surface area contributed by atoms with Crippen LogP contribution in [0.5, 0.6) is 5.75 Å². The van der Waals surface area contributed by atoms with Gasteiger partial charge in [-0.2, -0.15) is 0 Å². The molecule has 1 fully saturated rings. The van der Waals surface area contributed by atoms with Gasteiger partial charge >= 0.3 is 0 Å². The average molecular weight is 235 g/mol. The summed E-state index contributed by atoms with van der Waals surface area (Å²) in [5.74, 6) is 1.50. The van der Waals surface area contributed by atoms with Crippen LogP contribution in [0.2, 0.25) is 0 Å². The minimum absolute atomic E-state index is 0.246. The maximum Gasteiger partial charge on any atom is 0.119 e. The number of benzene rings is 1. The van der Waals surface area contributed by atoms with Crippen molar-refractivity contribution in [1.82, 2.24) is 5.32 Å². The Morgan fingerprint density at radius 3 is 2.59 bits per heavy atom. The molecule has 1 aliphatic rings. The fourth-order valence-corrected chi connectivity index (χ4v) is 2.36. The third-order valence-electron chi connectivity index (χ3n) is 3.40. The lowest BCUT2D eigenvalue weighted by molar-refractivity contribution is 0.212. The molecule has 0 saturated carbocycles. The monoisotopic (exact) mass is 235 g/mol. The summed E-state index contributed by atoms with van der Waals surface area (Å²) >= 11 is 0. The lowest BCUT2D eigenvalue weighted by Gasteiger charge is -2.29. The van der Waals surface area contributed by atoms with Gasteiger partial charge in [-0.25, -0.2) is 0 Å². The lowest BCUT2D eigenvalue weighted by Crippen LogP contribution is -2.40. The number of aliphatic hydroxyl groups excluding tert-OH is 1. The van der Waals surface area contributed by atoms with Crippen molar-refractivity contribution in [2.24, 2.45) is 0 Å². The van der Waals surface area contributed by atoms with E-state index >= 15 is 0 Å². The Balaban J connectivity index is 1.94. The van der Waals surface area contributed by atoms with Gasteiger partial charge in [0.25, 0.3) is 0 Å². The van der Waals surface area contributed by atoms with Crippen LogP contribution in [-0.2, 0) is 0 Å². The highest BCUT2D eigenvalue weighted by atomic mass is 16.5. The second-order valence-electron chi connectivity index (χ2n) is 4.56. The fourth-order valence-electron chi connectivity index (χ4n) is 2.36. The number of rotatable bonds is 4. The molecule has 0 spiro atoms. The summed E-state index contributed by atoms with van der Waals surface area (Å²) in [6, 6.07) is 8.66. The van der Waals surface area contributed by atoms with E-state index in [-0.39, 0.29) is 12.6 Å². The fraction of sp³-hybridized carbons (Fsp3) is 0.571. The first-order valence-corrected chi connectivity index (χ1v) is 6.40. The molecule has 0 amide bonds. The molecule has 0 radical (unpaired) electrons. The van der Waals surface area contributed by atoms with Crippen molar-refractivity contribution in [2.45, 2.75) is 31.7 Å². The highest BCUT2D eigenvalue weighted by molar-refractivity contribution is 5.30. The van der Waals surface area contributed by atoms with Crippen molar-refractivity contribution in [3.8, 4) is 5.75 Å². The summed E-state index contributed by atoms with van der Waals surface area (Å²) in [6.07, 6.45) is 2.20. The van der Waals surface area contributed by atoms with Crippen LogP contribution in [0, 0.1) is 0 Å². The molecular weight excluding hydrogens is 214 g/mol. The van der Waals surface area contributed by atoms with Crippen molar-refractivity contribution in [3.05, 3.63) is 29.8 Å². The van der Waals surface area contributed by atoms with E-state index < -0.39 is 0 Å². The van der Waals surface area contributed by atoms with Crippen LogP contribution in [-0.4, -0.2) is 30.9 Å². The van der Waals surface area contributed by atoms with Crippen LogP contribution in [0.4, 0.5) is 0 Å². The number of hydrogen-bond acceptors (Lipinski definition) is 3. The first kappa shape index (κ1) is 12.4. The van der Waals surface area contributed by atoms with Crippen LogP contribution in [0.25, 0.3) is 0 Å². The van der Waals surface area contributed by atoms with Gasteiger partial charge in [0.1, 0.15) is 5.75 Å². The SMILES string of the molecule is CCOc1ccc(C2CCC(CO)NC2)cc1. The normalized spacial score (nSPS) is 24.6. The van der Waals surface area contributed by atoms with Crippen molar-refractivity contribution >= 4 is 0 Å². The Kier molecular flexibility index (Phi) is 4.40. The minimum Gasteiger partial charge on any atom is -0.494 e. The first-order valence-electron chi connectivity index (χ1n) is 6.40. The molecule has 2 rings (SSSR count). The van der Waals surface area contributed by atoms with E-state index in [9.17, 15) is 0 Å². The quantitative estimate of drug-likeness (QED) is 0.837. The molecule has 2 unspecified atom stereocenters. The first-order chi connectivity index (χ1) is 8.33. The molecule has 1 aromatic rings. The molecule has 0 aliphatic carbocycles. The van der Waals surface area contributed by atoms with Crippen LogP contribution >= 0.6 is 0 Å². The zero-order valence-electron chi connectivity index (χ0n) is 10.4. The number of piperidine rings is 1. The number of ether oxygens (including phenoxy) is 1. The lowest BCUT2D eigenvalue weighted by atomic mass is 9.89. The highest BCUT2D eigenvalue weighted by Gasteiger charge is 2.20. The van der Waals surface area contributed by atoms with Gasteiger partial charge in [0, 0.05) is 12.6 Å². The molecule has 2 N–H and O–H groups in total. The van der Waals surface area contributed by atoms with Gasteiger partial charge in [-0.15, -0.1) is 0 Å². The predicted octanol–water partition coefficient (Wildman–Crippen LogP) is 1.91. The Morgan fingerprint density at radius 2 is 2.06 bits per heavy atom. The van der Waals surface area contributed by atoms with Gasteiger partial charge in [-0.1, -0.05) is 12.1 Å². The third kappa shape index (κ3) is 3.20. The van der Waals surface area contributed by atoms with Gasteiger partial charge < -0.3 is 15.2 Å². The molecule has 1 aliphatic heterocycles. The van der Waals surface area contributed by atoms with Crippen LogP contribution in [0.15, 0.2) is 24.3 Å². The second kappa shape index (κ2) is 6.03. The van der Waals surface area contributed by atoms with E-state index in [4.69, 9.17) is 9.84 Å². The van der Waals surface area contributed by atoms with Crippen molar-refractivity contribution in [2.75, 3.05) is 19.8 Å². The maximum atomic E-state index is 9.06. The molecule has 0 aromatic heterocycles. The van der Waals surface area contributed by atoms with E-state index in [0.717, 1.165) is 25.1 Å². The summed E-state index contributed by atoms with van der Waals surface area (Å²) in [7, 11) is 0. The molecule has 0 bridgehead atoms. The van der Waals surface area contributed by atoms with Gasteiger partial charge in [-0.05, 0) is 43.4 Å². The standard InChI is InChI=1S/C14H21NO2/c1-2-17-14-7-4-11(5-8-14)12-3-6-13(10-16)15-9-12/h4-5,7-8,12-13,15-16H,2-3,6,9-10H2,1H3. The molecule has 94 valence electrons. The maximum absolute atomic E-state index is 9.06. The molecule has 17 heavy (non-hydrogen) atoms. The summed E-state index contributed by atoms with van der Waals surface area (Å²) in [5.41, 5.74) is 1.36. The van der Waals surface area contributed by atoms with Gasteiger partial charge in [0.2, 0.25) is 0 Å². The van der Waals surface area contributed by atoms with Gasteiger partial charge in [-0.3, -0.25) is 0 Å². The topological polar surface area (TPSA) is 41.5 Å². The number of nitrogens with one attached hydrogen (secondary N) is 1. The number of hydrogen-bond donors (Lipinski definition) is 2. The van der Waals surface area contributed by atoms with Crippen molar-refractivity contribution in [1.29, 1.82) is 0 Å². The second-order valence-corrected chi connectivity index (χ2v) is 4.56. The van der Waals surface area contributed by atoms with Crippen LogP contribution in [0.1, 0.15) is 31.2 Å². The minimum atomic E-state index is 0.246. The molecular formula is C14H21NO2. The summed E-state index contributed by atoms with van der Waals surface area (Å²) in [5, 5.41) is 12.4. The third-order valence-corrected chi connectivity index (χ3v) is 3.40. The summed E-state index contributed by atoms with van der Waals surface area (Å²) in [4.78, 5) is 0. The van der Waals surface area contributed by atoms with E-state index in [1.807, 2.05) is 19.1 Å². The Morgan fingerprint density at radius 1 is 1.29 bits per heavy atom. The Bertz CT molecular complexity index is 329. The smallest absolute Gasteiger partial charge is 0.119 e. The van der Waals surface area contributed by atoms with E-state index in [2.05, 4.69) is 17.4 Å². The van der Waals surface area contributed by atoms with E-state index in [0.29, 0.717) is 12.5 Å². The molecule has 1 heterocycles. The number of aliphatic hydroxyl groups is 1. The zero-order chi connectivity index (χ0) is 12.1. The average Bonchev–Trinajstić information content (AvgIpc) is 2.40. The van der Waals surface area contributed by atoms with Crippen molar-refractivity contribution < 1.29 is 9.84 Å². The van der Waals surface area contributed by atoms with Crippen LogP contribution < -0.4 is 10.1 Å². The molecule has 1 aromatic carbocycles. The molecule has 3 nitrogen and oxygen atoms in total. The predicted molar refractivity (Wildman–Crippen MR) is 68.5 cm³/mol. The van der Waals surface area contributed by atoms with Crippen molar-refractivity contribution in [3.63, 3.8) is 0 Å². The van der Waals surface area contributed by atoms with Gasteiger partial charge in [0.15, 0.2) is 0 Å². The molecule has 3 heteroatoms. The molecule has 2 atom stereocenters. The summed E-state index contributed by atoms with van der Waals surface area (Å²) < 4.78 is 5.43. The Hall–Kier alpha value is -1.06. The van der Waals surface area contributed by atoms with E-state index in [1.165, 1.54) is 5.56 Å². The van der Waals surface area contributed by atoms with Gasteiger partial charge in [0.05, 0.1) is 13.2 Å². The summed E-state index contributed by atoms with van der Waals surface area (Å²) in [6.45, 7) is 3.91. The molecule has 1 saturated heterocycles. The van der Waals surface area contributed by atoms with Crippen LogP contribution in [0.3, 0.4) is 0 Å². The largest absolute Gasteiger partial charge is 0.494 e. The highest BCUT2D eigenvalue weighted by Crippen LogP contribution is 2.26.